The fourth-order valence-corrected chi connectivity index (χ4v) is 6.00. The van der Waals surface area contributed by atoms with E-state index in [0.717, 1.165) is 18.6 Å². The molecule has 4 N–H and O–H groups in total. The van der Waals surface area contributed by atoms with Gasteiger partial charge in [0, 0.05) is 24.3 Å². The number of benzene rings is 1. The molecule has 1 aromatic carbocycles. The van der Waals surface area contributed by atoms with Crippen LogP contribution in [0.15, 0.2) is 23.4 Å². The molecule has 2 aromatic heterocycles. The average Bonchev–Trinajstić information content (AvgIpc) is 3.38. The third kappa shape index (κ3) is 4.89. The summed E-state index contributed by atoms with van der Waals surface area (Å²) in [5, 5.41) is 43.6. The third-order valence-electron chi connectivity index (χ3n) is 7.11. The summed E-state index contributed by atoms with van der Waals surface area (Å²) in [6.45, 7) is 6.34. The normalized spacial score (nSPS) is 28.1. The highest BCUT2D eigenvalue weighted by molar-refractivity contribution is 7.99. The lowest BCUT2D eigenvalue weighted by Crippen LogP contribution is -2.30. The van der Waals surface area contributed by atoms with Crippen molar-refractivity contribution in [3.05, 3.63) is 34.9 Å². The van der Waals surface area contributed by atoms with Gasteiger partial charge in [-0.3, -0.25) is 0 Å². The lowest BCUT2D eigenvalue weighted by atomic mass is 10.0. The molecule has 35 heavy (non-hydrogen) atoms. The van der Waals surface area contributed by atoms with Crippen molar-refractivity contribution >= 4 is 28.7 Å². The Kier molecular flexibility index (Phi) is 6.98. The number of rotatable bonds is 9. The first kappa shape index (κ1) is 24.4. The zero-order valence-electron chi connectivity index (χ0n) is 20.4. The van der Waals surface area contributed by atoms with Crippen molar-refractivity contribution < 1.29 is 15.3 Å². The highest BCUT2D eigenvalue weighted by Crippen LogP contribution is 2.44. The van der Waals surface area contributed by atoms with Crippen LogP contribution in [0, 0.1) is 19.8 Å². The molecule has 2 heterocycles. The number of fused-ring (bicyclic) bond motifs is 1. The highest BCUT2D eigenvalue weighted by Gasteiger charge is 2.44. The van der Waals surface area contributed by atoms with Crippen LogP contribution in [0.3, 0.4) is 0 Å². The van der Waals surface area contributed by atoms with E-state index in [1.165, 1.54) is 16.7 Å². The van der Waals surface area contributed by atoms with Gasteiger partial charge < -0.3 is 20.6 Å². The molecule has 0 radical (unpaired) electrons. The lowest BCUT2D eigenvalue weighted by Gasteiger charge is -2.17. The molecule has 0 spiro atoms. The zero-order valence-corrected chi connectivity index (χ0v) is 21.2. The smallest absolute Gasteiger partial charge is 0.191 e. The van der Waals surface area contributed by atoms with Crippen molar-refractivity contribution in [2.24, 2.45) is 5.92 Å². The molecule has 5 rings (SSSR count). The summed E-state index contributed by atoms with van der Waals surface area (Å²) in [5.74, 6) is 1.78. The number of nitrogens with zero attached hydrogens (tertiary/aromatic N) is 5. The van der Waals surface area contributed by atoms with Gasteiger partial charge in [-0.15, -0.1) is 5.10 Å². The predicted molar refractivity (Wildman–Crippen MR) is 136 cm³/mol. The molecule has 2 aliphatic rings. The van der Waals surface area contributed by atoms with Gasteiger partial charge in [0.1, 0.15) is 6.10 Å². The Labute approximate surface area is 209 Å². The number of aliphatic hydroxyl groups excluding tert-OH is 3. The van der Waals surface area contributed by atoms with E-state index < -0.39 is 18.2 Å². The van der Waals surface area contributed by atoms with Crippen LogP contribution < -0.4 is 5.32 Å². The average molecular weight is 499 g/mol. The van der Waals surface area contributed by atoms with E-state index in [9.17, 15) is 15.3 Å². The monoisotopic (exact) mass is 498 g/mol. The minimum absolute atomic E-state index is 0.0314. The van der Waals surface area contributed by atoms with Crippen LogP contribution in [0.5, 0.6) is 0 Å². The zero-order chi connectivity index (χ0) is 24.7. The standard InChI is InChI=1S/C25H34N6O3S/c1-4-7-35-25-27-23(26-18-12-17(18)16-9-13(2)8-14(3)10-16)20-24(28-25)31(30-29-20)19-11-15(5-6-32)21(33)22(19)34/h8-10,15,17-19,21-22,32-34H,4-7,11-12H2,1-3H3,(H,26,27,28). The van der Waals surface area contributed by atoms with Gasteiger partial charge in [0.15, 0.2) is 22.1 Å². The van der Waals surface area contributed by atoms with Gasteiger partial charge in [-0.25, -0.2) is 14.6 Å². The summed E-state index contributed by atoms with van der Waals surface area (Å²) < 4.78 is 1.64. The van der Waals surface area contributed by atoms with Crippen LogP contribution in [0.1, 0.15) is 61.3 Å². The molecule has 2 aliphatic carbocycles. The second-order valence-corrected chi connectivity index (χ2v) is 11.0. The number of anilines is 1. The van der Waals surface area contributed by atoms with Gasteiger partial charge >= 0.3 is 0 Å². The Morgan fingerprint density at radius 3 is 2.57 bits per heavy atom. The van der Waals surface area contributed by atoms with E-state index in [1.54, 1.807) is 16.4 Å². The number of aryl methyl sites for hydroxylation is 2. The van der Waals surface area contributed by atoms with E-state index in [1.807, 2.05) is 0 Å². The Bertz CT molecular complexity index is 1180. The first-order valence-corrected chi connectivity index (χ1v) is 13.5. The van der Waals surface area contributed by atoms with Crippen LogP contribution in [-0.2, 0) is 0 Å². The number of thioether (sulfide) groups is 1. The fourth-order valence-electron chi connectivity index (χ4n) is 5.31. The molecule has 6 unspecified atom stereocenters. The topological polar surface area (TPSA) is 129 Å². The number of nitrogens with one attached hydrogen (secondary N) is 1. The van der Waals surface area contributed by atoms with Crippen molar-refractivity contribution in [1.29, 1.82) is 0 Å². The minimum Gasteiger partial charge on any atom is -0.396 e. The molecule has 2 fully saturated rings. The maximum Gasteiger partial charge on any atom is 0.191 e. The van der Waals surface area contributed by atoms with Crippen molar-refractivity contribution in [2.45, 2.75) is 81.8 Å². The van der Waals surface area contributed by atoms with Gasteiger partial charge in [0.2, 0.25) is 0 Å². The summed E-state index contributed by atoms with van der Waals surface area (Å²) in [7, 11) is 0. The summed E-state index contributed by atoms with van der Waals surface area (Å²) >= 11 is 1.59. The molecule has 0 aliphatic heterocycles. The number of hydrogen-bond acceptors (Lipinski definition) is 9. The molecule has 9 nitrogen and oxygen atoms in total. The Hall–Kier alpha value is -2.27. The number of aliphatic hydroxyl groups is 3. The summed E-state index contributed by atoms with van der Waals surface area (Å²) in [6.07, 6.45) is 1.05. The second kappa shape index (κ2) is 10.0. The van der Waals surface area contributed by atoms with Crippen LogP contribution in [0.2, 0.25) is 0 Å². The molecule has 6 atom stereocenters. The van der Waals surface area contributed by atoms with Crippen molar-refractivity contribution in [3.8, 4) is 0 Å². The van der Waals surface area contributed by atoms with Crippen LogP contribution in [0.25, 0.3) is 11.2 Å². The van der Waals surface area contributed by atoms with Gasteiger partial charge in [-0.1, -0.05) is 53.2 Å². The molecule has 0 amide bonds. The fraction of sp³-hybridized carbons (Fsp3) is 0.600. The maximum absolute atomic E-state index is 10.7. The maximum atomic E-state index is 10.7. The largest absolute Gasteiger partial charge is 0.396 e. The van der Waals surface area contributed by atoms with Gasteiger partial charge in [0.25, 0.3) is 0 Å². The summed E-state index contributed by atoms with van der Waals surface area (Å²) in [6, 6.07) is 6.50. The number of hydrogen-bond donors (Lipinski definition) is 4. The van der Waals surface area contributed by atoms with Crippen LogP contribution >= 0.6 is 11.8 Å². The molecule has 0 bridgehead atoms. The van der Waals surface area contributed by atoms with Crippen molar-refractivity contribution in [1.82, 2.24) is 25.0 Å². The molecule has 3 aromatic rings. The Balaban J connectivity index is 1.45. The van der Waals surface area contributed by atoms with Crippen LogP contribution in [-0.4, -0.2) is 70.9 Å². The molecule has 10 heteroatoms. The molecule has 188 valence electrons. The van der Waals surface area contributed by atoms with Gasteiger partial charge in [0.05, 0.1) is 12.1 Å². The highest BCUT2D eigenvalue weighted by atomic mass is 32.2. The lowest BCUT2D eigenvalue weighted by molar-refractivity contribution is 0.00107. The van der Waals surface area contributed by atoms with Crippen LogP contribution in [0.4, 0.5) is 5.82 Å². The Morgan fingerprint density at radius 2 is 1.86 bits per heavy atom. The van der Waals surface area contributed by atoms with E-state index in [-0.39, 0.29) is 18.6 Å². The second-order valence-electron chi connectivity index (χ2n) is 9.98. The van der Waals surface area contributed by atoms with E-state index in [0.29, 0.717) is 40.9 Å². The molecule has 0 saturated heterocycles. The van der Waals surface area contributed by atoms with E-state index in [2.05, 4.69) is 54.6 Å². The van der Waals surface area contributed by atoms with E-state index in [4.69, 9.17) is 9.97 Å². The van der Waals surface area contributed by atoms with Crippen molar-refractivity contribution in [2.75, 3.05) is 17.7 Å². The molecular formula is C25H34N6O3S. The van der Waals surface area contributed by atoms with Gasteiger partial charge in [-0.2, -0.15) is 0 Å². The quantitative estimate of drug-likeness (QED) is 0.260. The third-order valence-corrected chi connectivity index (χ3v) is 8.16. The minimum atomic E-state index is -0.994. The number of aromatic nitrogens is 5. The molecular weight excluding hydrogens is 464 g/mol. The molecule has 2 saturated carbocycles. The summed E-state index contributed by atoms with van der Waals surface area (Å²) in [5.41, 5.74) is 5.02. The Morgan fingerprint density at radius 1 is 1.09 bits per heavy atom. The first-order valence-electron chi connectivity index (χ1n) is 12.5. The summed E-state index contributed by atoms with van der Waals surface area (Å²) in [4.78, 5) is 9.52. The van der Waals surface area contributed by atoms with Gasteiger partial charge in [-0.05, 0) is 51.0 Å². The van der Waals surface area contributed by atoms with E-state index >= 15 is 0 Å². The SMILES string of the molecule is CCCSc1nc(NC2CC2c2cc(C)cc(C)c2)c2nnn(C3CC(CCO)C(O)C3O)c2n1. The predicted octanol–water partition coefficient (Wildman–Crippen LogP) is 2.97. The first-order chi connectivity index (χ1) is 16.9. The van der Waals surface area contributed by atoms with Crippen molar-refractivity contribution in [3.63, 3.8) is 0 Å².